The number of nitrogens with zero attached hydrogens (tertiary/aromatic N) is 2. The van der Waals surface area contributed by atoms with Crippen molar-refractivity contribution in [2.24, 2.45) is 0 Å². The second kappa shape index (κ2) is 10.9. The van der Waals surface area contributed by atoms with Crippen molar-refractivity contribution in [3.8, 4) is 49.8 Å². The Morgan fingerprint density at radius 3 is 2.26 bits per heavy atom. The minimum atomic E-state index is -0.0406. The van der Waals surface area contributed by atoms with Gasteiger partial charge >= 0.3 is 0 Å². The molecule has 0 bridgehead atoms. The molecule has 0 aliphatic rings. The second-order valence-corrected chi connectivity index (χ2v) is 11.5. The van der Waals surface area contributed by atoms with E-state index in [0.29, 0.717) is 0 Å². The fraction of sp³-hybridized carbons (Fsp3) is 0.118. The van der Waals surface area contributed by atoms with Crippen LogP contribution < -0.4 is 0 Å². The molecule has 0 radical (unpaired) electrons. The van der Waals surface area contributed by atoms with E-state index in [9.17, 15) is 5.11 Å². The fourth-order valence-electron chi connectivity index (χ4n) is 4.60. The van der Waals surface area contributed by atoms with E-state index in [1.807, 2.05) is 60.7 Å². The normalized spacial score (nSPS) is 11.4. The number of fused-ring (bicyclic) bond motifs is 1. The Kier molecular flexibility index (Phi) is 7.53. The molecular weight excluding hydrogens is 680 g/mol. The maximum Gasteiger partial charge on any atom is 0.127 e. The first-order valence-electron chi connectivity index (χ1n) is 12.6. The molecule has 3 nitrogen and oxygen atoms in total. The number of phenolic OH excluding ortho intramolecular Hbond substituents is 1. The molecule has 6 aromatic rings. The third-order valence-corrected chi connectivity index (χ3v) is 7.76. The molecule has 0 spiro atoms. The third kappa shape index (κ3) is 5.45. The molecule has 5 heteroatoms. The van der Waals surface area contributed by atoms with Gasteiger partial charge in [0.2, 0.25) is 0 Å². The summed E-state index contributed by atoms with van der Waals surface area (Å²) in [5.41, 5.74) is 8.83. The predicted octanol–water partition coefficient (Wildman–Crippen LogP) is 9.16. The first-order valence-corrected chi connectivity index (χ1v) is 13.5. The SMILES string of the molecule is CC(C)(C)c1cc(-c2[c-]c(-c3ccccn3)ccc2)c2nc(-c3cc(-c4ccccc4)ccc3O)sc2c1.[Pt]. The minimum Gasteiger partial charge on any atom is -0.507 e. The molecule has 196 valence electrons. The number of rotatable bonds is 4. The summed E-state index contributed by atoms with van der Waals surface area (Å²) in [5.74, 6) is 0.227. The van der Waals surface area contributed by atoms with Gasteiger partial charge in [0.1, 0.15) is 10.8 Å². The van der Waals surface area contributed by atoms with Crippen LogP contribution in [0, 0.1) is 6.07 Å². The van der Waals surface area contributed by atoms with E-state index in [4.69, 9.17) is 4.98 Å². The summed E-state index contributed by atoms with van der Waals surface area (Å²) < 4.78 is 1.09. The Hall–Kier alpha value is -3.59. The van der Waals surface area contributed by atoms with E-state index >= 15 is 0 Å². The van der Waals surface area contributed by atoms with Crippen LogP contribution in [0.1, 0.15) is 26.3 Å². The fourth-order valence-corrected chi connectivity index (χ4v) is 5.65. The number of hydrogen-bond donors (Lipinski definition) is 1. The number of thiazole rings is 1. The van der Waals surface area contributed by atoms with E-state index in [1.165, 1.54) is 5.56 Å². The summed E-state index contributed by atoms with van der Waals surface area (Å²) in [6.45, 7) is 6.68. The average molecular weight is 707 g/mol. The van der Waals surface area contributed by atoms with E-state index < -0.39 is 0 Å². The van der Waals surface area contributed by atoms with Crippen molar-refractivity contribution < 1.29 is 26.2 Å². The molecule has 6 rings (SSSR count). The van der Waals surface area contributed by atoms with Crippen LogP contribution in [0.4, 0.5) is 0 Å². The standard InChI is InChI=1S/C34H27N2OS.Pt/c1-34(2,3)26-20-27(24-12-9-13-25(18-24)29-14-7-8-17-35-29)32-31(21-26)38-33(36-32)28-19-23(15-16-30(28)37)22-10-5-4-6-11-22;/h4-17,19-21,37H,1-3H3;/q-1;. The van der Waals surface area contributed by atoms with E-state index in [-0.39, 0.29) is 32.2 Å². The van der Waals surface area contributed by atoms with E-state index in [2.05, 4.69) is 62.2 Å². The molecule has 39 heavy (non-hydrogen) atoms. The number of pyridine rings is 1. The molecule has 0 saturated carbocycles. The van der Waals surface area contributed by atoms with Crippen LogP contribution >= 0.6 is 11.3 Å². The van der Waals surface area contributed by atoms with E-state index in [1.54, 1.807) is 23.6 Å². The quantitative estimate of drug-likeness (QED) is 0.186. The monoisotopic (exact) mass is 706 g/mol. The maximum atomic E-state index is 10.8. The van der Waals surface area contributed by atoms with Crippen molar-refractivity contribution in [2.75, 3.05) is 0 Å². The van der Waals surface area contributed by atoms with Crippen LogP contribution in [0.3, 0.4) is 0 Å². The van der Waals surface area contributed by atoms with Crippen LogP contribution in [0.15, 0.2) is 103 Å². The largest absolute Gasteiger partial charge is 0.507 e. The van der Waals surface area contributed by atoms with Crippen molar-refractivity contribution in [3.05, 3.63) is 115 Å². The predicted molar refractivity (Wildman–Crippen MR) is 158 cm³/mol. The molecule has 2 aromatic heterocycles. The molecule has 0 saturated heterocycles. The first-order chi connectivity index (χ1) is 18.4. The van der Waals surface area contributed by atoms with Crippen molar-refractivity contribution >= 4 is 21.6 Å². The Bertz CT molecular complexity index is 1760. The van der Waals surface area contributed by atoms with Crippen molar-refractivity contribution in [3.63, 3.8) is 0 Å². The molecule has 0 fully saturated rings. The Labute approximate surface area is 247 Å². The Morgan fingerprint density at radius 1 is 0.744 bits per heavy atom. The van der Waals surface area contributed by atoms with Crippen LogP contribution in [-0.4, -0.2) is 15.1 Å². The summed E-state index contributed by atoms with van der Waals surface area (Å²) in [6, 6.07) is 36.1. The van der Waals surface area contributed by atoms with Gasteiger partial charge in [0.05, 0.1) is 11.1 Å². The second-order valence-electron chi connectivity index (χ2n) is 10.4. The van der Waals surface area contributed by atoms with Crippen molar-refractivity contribution in [1.82, 2.24) is 9.97 Å². The summed E-state index contributed by atoms with van der Waals surface area (Å²) in [6.07, 6.45) is 1.80. The Balaban J connectivity index is 0.00000308. The minimum absolute atomic E-state index is 0. The van der Waals surface area contributed by atoms with Gasteiger partial charge in [-0.05, 0) is 46.4 Å². The zero-order valence-electron chi connectivity index (χ0n) is 21.9. The van der Waals surface area contributed by atoms with Gasteiger partial charge in [-0.15, -0.1) is 41.2 Å². The van der Waals surface area contributed by atoms with Crippen molar-refractivity contribution in [2.45, 2.75) is 26.2 Å². The van der Waals surface area contributed by atoms with Gasteiger partial charge in [0.15, 0.2) is 0 Å². The van der Waals surface area contributed by atoms with Crippen LogP contribution in [0.25, 0.3) is 54.3 Å². The topological polar surface area (TPSA) is 46.0 Å². The zero-order valence-corrected chi connectivity index (χ0v) is 25.0. The molecule has 0 atom stereocenters. The number of aromatic nitrogens is 2. The van der Waals surface area contributed by atoms with Gasteiger partial charge in [-0.25, -0.2) is 4.98 Å². The van der Waals surface area contributed by atoms with Gasteiger partial charge in [-0.1, -0.05) is 86.5 Å². The number of aromatic hydroxyl groups is 1. The summed E-state index contributed by atoms with van der Waals surface area (Å²) in [7, 11) is 0. The molecule has 1 N–H and O–H groups in total. The van der Waals surface area contributed by atoms with Gasteiger partial charge in [-0.3, -0.25) is 4.98 Å². The molecular formula is C34H27N2OPtS-. The van der Waals surface area contributed by atoms with Crippen LogP contribution in [0.5, 0.6) is 5.75 Å². The Morgan fingerprint density at radius 2 is 1.51 bits per heavy atom. The molecule has 0 unspecified atom stereocenters. The number of hydrogen-bond acceptors (Lipinski definition) is 4. The average Bonchev–Trinajstić information content (AvgIpc) is 3.37. The van der Waals surface area contributed by atoms with E-state index in [0.717, 1.165) is 54.3 Å². The summed E-state index contributed by atoms with van der Waals surface area (Å²) >= 11 is 1.61. The van der Waals surface area contributed by atoms with Crippen molar-refractivity contribution in [1.29, 1.82) is 0 Å². The van der Waals surface area contributed by atoms with Gasteiger partial charge < -0.3 is 5.11 Å². The third-order valence-electron chi connectivity index (χ3n) is 6.72. The molecule has 4 aromatic carbocycles. The number of benzene rings is 4. The maximum absolute atomic E-state index is 10.8. The summed E-state index contributed by atoms with van der Waals surface area (Å²) in [4.78, 5) is 9.62. The molecule has 0 aliphatic heterocycles. The smallest absolute Gasteiger partial charge is 0.127 e. The van der Waals surface area contributed by atoms with Gasteiger partial charge in [-0.2, -0.15) is 0 Å². The van der Waals surface area contributed by atoms with Gasteiger partial charge in [0.25, 0.3) is 0 Å². The number of phenols is 1. The van der Waals surface area contributed by atoms with Crippen LogP contribution in [-0.2, 0) is 26.5 Å². The molecule has 2 heterocycles. The molecule has 0 amide bonds. The zero-order chi connectivity index (χ0) is 26.3. The molecule has 0 aliphatic carbocycles. The first kappa shape index (κ1) is 27.0. The summed E-state index contributed by atoms with van der Waals surface area (Å²) in [5, 5.41) is 11.6. The van der Waals surface area contributed by atoms with Crippen LogP contribution in [0.2, 0.25) is 0 Å². The van der Waals surface area contributed by atoms with Gasteiger partial charge in [0, 0.05) is 37.7 Å².